The molecule has 1 N–H and O–H groups in total. The summed E-state index contributed by atoms with van der Waals surface area (Å²) >= 11 is 2.92. The Hall–Kier alpha value is -2.33. The molecule has 1 aromatic carbocycles. The second kappa shape index (κ2) is 9.27. The lowest BCUT2D eigenvalue weighted by Crippen LogP contribution is -2.31. The van der Waals surface area contributed by atoms with Gasteiger partial charge in [0.1, 0.15) is 5.82 Å². The predicted molar refractivity (Wildman–Crippen MR) is 120 cm³/mol. The molecule has 1 amide bonds. The van der Waals surface area contributed by atoms with E-state index in [4.69, 9.17) is 0 Å². The van der Waals surface area contributed by atoms with Gasteiger partial charge in [0.05, 0.1) is 16.5 Å². The van der Waals surface area contributed by atoms with E-state index in [1.807, 2.05) is 31.4 Å². The van der Waals surface area contributed by atoms with Gasteiger partial charge in [-0.25, -0.2) is 0 Å². The van der Waals surface area contributed by atoms with Crippen LogP contribution in [0.4, 0.5) is 18.9 Å². The van der Waals surface area contributed by atoms with E-state index in [1.165, 1.54) is 34.8 Å². The molecule has 1 saturated carbocycles. The molecule has 5 nitrogen and oxygen atoms in total. The lowest BCUT2D eigenvalue weighted by atomic mass is 10.1. The molecule has 1 atom stereocenters. The van der Waals surface area contributed by atoms with Crippen LogP contribution in [0.1, 0.15) is 49.0 Å². The van der Waals surface area contributed by atoms with Gasteiger partial charge in [-0.15, -0.1) is 21.5 Å². The summed E-state index contributed by atoms with van der Waals surface area (Å²) in [6.07, 6.45) is -1.83. The van der Waals surface area contributed by atoms with Gasteiger partial charge in [-0.3, -0.25) is 4.79 Å². The number of thiophene rings is 1. The topological polar surface area (TPSA) is 59.8 Å². The summed E-state index contributed by atoms with van der Waals surface area (Å²) in [4.78, 5) is 14.2. The molecule has 0 radical (unpaired) electrons. The molecule has 0 saturated heterocycles. The highest BCUT2D eigenvalue weighted by molar-refractivity contribution is 8.00. The molecule has 1 fully saturated rings. The first-order valence-corrected chi connectivity index (χ1v) is 12.1. The molecular weight excluding hydrogens is 457 g/mol. The van der Waals surface area contributed by atoms with Gasteiger partial charge in [-0.1, -0.05) is 43.8 Å². The fourth-order valence-corrected chi connectivity index (χ4v) is 5.25. The summed E-state index contributed by atoms with van der Waals surface area (Å²) in [7, 11) is 0. The maximum Gasteiger partial charge on any atom is 0.418 e. The Balaban J connectivity index is 1.56. The first kappa shape index (κ1) is 22.8. The van der Waals surface area contributed by atoms with Crippen LogP contribution in [0.3, 0.4) is 0 Å². The monoisotopic (exact) mass is 480 g/mol. The fraction of sp³-hybridized carbons (Fsp3) is 0.409. The number of carbonyl (C=O) groups is 1. The van der Waals surface area contributed by atoms with E-state index in [2.05, 4.69) is 20.1 Å². The number of carbonyl (C=O) groups excluding carboxylic acids is 1. The van der Waals surface area contributed by atoms with Crippen LogP contribution in [0.15, 0.2) is 46.9 Å². The van der Waals surface area contributed by atoms with Gasteiger partial charge in [0.25, 0.3) is 0 Å². The van der Waals surface area contributed by atoms with Gasteiger partial charge < -0.3 is 9.88 Å². The number of para-hydroxylation sites is 1. The molecule has 1 aliphatic carbocycles. The van der Waals surface area contributed by atoms with Gasteiger partial charge in [-0.05, 0) is 42.3 Å². The number of halogens is 3. The fourth-order valence-electron chi connectivity index (χ4n) is 3.43. The van der Waals surface area contributed by atoms with Crippen LogP contribution in [0.2, 0.25) is 0 Å². The van der Waals surface area contributed by atoms with E-state index in [9.17, 15) is 18.0 Å². The van der Waals surface area contributed by atoms with Gasteiger partial charge >= 0.3 is 6.18 Å². The van der Waals surface area contributed by atoms with Crippen molar-refractivity contribution in [3.63, 3.8) is 0 Å². The smallest absolute Gasteiger partial charge is 0.325 e. The molecule has 0 bridgehead atoms. The number of aromatic nitrogens is 3. The van der Waals surface area contributed by atoms with Gasteiger partial charge in [0, 0.05) is 17.3 Å². The van der Waals surface area contributed by atoms with Crippen molar-refractivity contribution in [1.82, 2.24) is 14.8 Å². The molecule has 3 aromatic rings. The Morgan fingerprint density at radius 2 is 1.97 bits per heavy atom. The first-order chi connectivity index (χ1) is 15.2. The van der Waals surface area contributed by atoms with Crippen LogP contribution in [0.25, 0.3) is 0 Å². The quantitative estimate of drug-likeness (QED) is 0.400. The number of hydrogen-bond donors (Lipinski definition) is 1. The van der Waals surface area contributed by atoms with E-state index >= 15 is 0 Å². The van der Waals surface area contributed by atoms with Crippen LogP contribution in [0, 0.1) is 5.92 Å². The van der Waals surface area contributed by atoms with Crippen molar-refractivity contribution >= 4 is 34.7 Å². The lowest BCUT2D eigenvalue weighted by Gasteiger charge is -2.21. The lowest BCUT2D eigenvalue weighted by molar-refractivity contribution is -0.137. The number of anilines is 1. The first-order valence-electron chi connectivity index (χ1n) is 10.3. The van der Waals surface area contributed by atoms with Crippen LogP contribution in [-0.2, 0) is 17.4 Å². The number of rotatable bonds is 8. The maximum atomic E-state index is 13.3. The third-order valence-corrected chi connectivity index (χ3v) is 7.52. The largest absolute Gasteiger partial charge is 0.418 e. The van der Waals surface area contributed by atoms with Crippen molar-refractivity contribution in [2.24, 2.45) is 5.92 Å². The molecule has 0 aliphatic heterocycles. The van der Waals surface area contributed by atoms with Crippen LogP contribution in [0.5, 0.6) is 0 Å². The second-order valence-corrected chi connectivity index (χ2v) is 10.2. The van der Waals surface area contributed by atoms with E-state index in [-0.39, 0.29) is 11.6 Å². The molecule has 1 unspecified atom stereocenters. The highest BCUT2D eigenvalue weighted by atomic mass is 32.2. The SMILES string of the molecule is CC(C)C(Sc1nnc(Cc2cccs2)n1C1CC1)C(=O)Nc1ccccc1C(F)(F)F. The zero-order valence-electron chi connectivity index (χ0n) is 17.6. The number of thioether (sulfide) groups is 1. The molecule has 32 heavy (non-hydrogen) atoms. The molecule has 170 valence electrons. The Kier molecular flexibility index (Phi) is 6.62. The van der Waals surface area contributed by atoms with Crippen molar-refractivity contribution in [2.75, 3.05) is 5.32 Å². The Bertz CT molecular complexity index is 1080. The highest BCUT2D eigenvalue weighted by Gasteiger charge is 2.36. The van der Waals surface area contributed by atoms with Crippen molar-refractivity contribution < 1.29 is 18.0 Å². The van der Waals surface area contributed by atoms with Gasteiger partial charge in [-0.2, -0.15) is 13.2 Å². The van der Waals surface area contributed by atoms with E-state index < -0.39 is 22.9 Å². The van der Waals surface area contributed by atoms with Crippen molar-refractivity contribution in [3.05, 3.63) is 58.0 Å². The Morgan fingerprint density at radius 3 is 2.59 bits per heavy atom. The Morgan fingerprint density at radius 1 is 1.22 bits per heavy atom. The molecule has 2 aromatic heterocycles. The molecule has 1 aliphatic rings. The highest BCUT2D eigenvalue weighted by Crippen LogP contribution is 2.41. The van der Waals surface area contributed by atoms with E-state index in [0.29, 0.717) is 17.6 Å². The summed E-state index contributed by atoms with van der Waals surface area (Å²) in [5.74, 6) is 0.248. The van der Waals surface area contributed by atoms with Crippen LogP contribution in [-0.4, -0.2) is 25.9 Å². The molecular formula is C22H23F3N4OS2. The van der Waals surface area contributed by atoms with Crippen LogP contribution >= 0.6 is 23.1 Å². The zero-order valence-corrected chi connectivity index (χ0v) is 19.2. The minimum absolute atomic E-state index is 0.122. The van der Waals surface area contributed by atoms with Crippen molar-refractivity contribution in [2.45, 2.75) is 55.7 Å². The summed E-state index contributed by atoms with van der Waals surface area (Å²) < 4.78 is 42.1. The number of hydrogen-bond acceptors (Lipinski definition) is 5. The third-order valence-electron chi connectivity index (χ3n) is 5.15. The summed E-state index contributed by atoms with van der Waals surface area (Å²) in [5, 5.41) is 13.2. The number of benzene rings is 1. The predicted octanol–water partition coefficient (Wildman–Crippen LogP) is 6.04. The summed E-state index contributed by atoms with van der Waals surface area (Å²) in [5.41, 5.74) is -1.10. The van der Waals surface area contributed by atoms with Crippen molar-refractivity contribution in [3.8, 4) is 0 Å². The number of amides is 1. The third kappa shape index (κ3) is 5.17. The van der Waals surface area contributed by atoms with Crippen LogP contribution < -0.4 is 5.32 Å². The average molecular weight is 481 g/mol. The minimum Gasteiger partial charge on any atom is -0.325 e. The maximum absolute atomic E-state index is 13.3. The van der Waals surface area contributed by atoms with E-state index in [0.717, 1.165) is 24.7 Å². The molecule has 2 heterocycles. The number of nitrogens with one attached hydrogen (secondary N) is 1. The summed E-state index contributed by atoms with van der Waals surface area (Å²) in [6, 6.07) is 9.37. The Labute approximate surface area is 192 Å². The second-order valence-electron chi connectivity index (χ2n) is 8.07. The standard InChI is InChI=1S/C22H23F3N4OS2/c1-13(2)19(20(30)26-17-8-4-3-7-16(17)22(23,24)25)32-21-28-27-18(29(21)14-9-10-14)12-15-6-5-11-31-15/h3-8,11,13-14,19H,9-10,12H2,1-2H3,(H,26,30). The average Bonchev–Trinajstić information content (AvgIpc) is 3.28. The minimum atomic E-state index is -4.55. The molecule has 0 spiro atoms. The molecule has 4 rings (SSSR count). The zero-order chi connectivity index (χ0) is 22.9. The van der Waals surface area contributed by atoms with Crippen molar-refractivity contribution in [1.29, 1.82) is 0 Å². The van der Waals surface area contributed by atoms with Gasteiger partial charge in [0.2, 0.25) is 5.91 Å². The van der Waals surface area contributed by atoms with Gasteiger partial charge in [0.15, 0.2) is 5.16 Å². The molecule has 10 heteroatoms. The number of alkyl halides is 3. The normalized spacial score (nSPS) is 15.2. The number of nitrogens with zero attached hydrogens (tertiary/aromatic N) is 3. The summed E-state index contributed by atoms with van der Waals surface area (Å²) in [6.45, 7) is 3.74. The van der Waals surface area contributed by atoms with E-state index in [1.54, 1.807) is 11.3 Å².